The molecule has 0 N–H and O–H groups in total. The minimum Gasteiger partial charge on any atom is -0.341 e. The lowest BCUT2D eigenvalue weighted by Crippen LogP contribution is -2.34. The molecule has 1 saturated heterocycles. The number of carbonyl (C=O) groups is 2. The van der Waals surface area contributed by atoms with Crippen molar-refractivity contribution in [3.63, 3.8) is 0 Å². The van der Waals surface area contributed by atoms with E-state index in [2.05, 4.69) is 0 Å². The number of halogens is 2. The van der Waals surface area contributed by atoms with Crippen molar-refractivity contribution < 1.29 is 23.3 Å². The fraction of sp³-hybridized carbons (Fsp3) is 0.263. The van der Waals surface area contributed by atoms with E-state index in [-0.39, 0.29) is 37.0 Å². The Kier molecular flexibility index (Phi) is 5.34. The smallest absolute Gasteiger partial charge is 0.306 e. The Labute approximate surface area is 159 Å². The fourth-order valence-corrected chi connectivity index (χ4v) is 3.23. The van der Waals surface area contributed by atoms with Gasteiger partial charge in [-0.1, -0.05) is 12.1 Å². The molecule has 1 heterocycles. The number of carbonyl (C=O) groups excluding carboxylic acids is 2. The van der Waals surface area contributed by atoms with Crippen LogP contribution in [0, 0.1) is 27.7 Å². The molecule has 1 unspecified atom stereocenters. The Morgan fingerprint density at radius 2 is 2.04 bits per heavy atom. The van der Waals surface area contributed by atoms with Gasteiger partial charge in [0, 0.05) is 32.6 Å². The maximum Gasteiger partial charge on any atom is 0.306 e. The molecule has 1 aliphatic heterocycles. The van der Waals surface area contributed by atoms with Crippen molar-refractivity contribution in [3.8, 4) is 0 Å². The van der Waals surface area contributed by atoms with Crippen LogP contribution >= 0.6 is 0 Å². The Morgan fingerprint density at radius 1 is 1.29 bits per heavy atom. The highest BCUT2D eigenvalue weighted by atomic mass is 19.1. The van der Waals surface area contributed by atoms with Crippen molar-refractivity contribution in [1.82, 2.24) is 4.90 Å². The number of rotatable bonds is 5. The van der Waals surface area contributed by atoms with Crippen LogP contribution in [0.4, 0.5) is 20.2 Å². The summed E-state index contributed by atoms with van der Waals surface area (Å²) in [7, 11) is 1.56. The van der Waals surface area contributed by atoms with Crippen molar-refractivity contribution in [1.29, 1.82) is 0 Å². The molecule has 2 aromatic rings. The normalized spacial score (nSPS) is 16.3. The number of nitrogens with zero attached hydrogens (tertiary/aromatic N) is 3. The molecule has 0 radical (unpaired) electrons. The van der Waals surface area contributed by atoms with Crippen LogP contribution in [0.5, 0.6) is 0 Å². The molecule has 0 aromatic heterocycles. The van der Waals surface area contributed by atoms with E-state index >= 15 is 0 Å². The van der Waals surface area contributed by atoms with Gasteiger partial charge < -0.3 is 9.80 Å². The second-order valence-electron chi connectivity index (χ2n) is 6.62. The molecule has 1 aliphatic rings. The minimum atomic E-state index is -0.997. The van der Waals surface area contributed by atoms with Gasteiger partial charge >= 0.3 is 5.69 Å². The monoisotopic (exact) mass is 389 g/mol. The molecule has 2 aromatic carbocycles. The number of nitro groups is 1. The first-order valence-corrected chi connectivity index (χ1v) is 8.50. The van der Waals surface area contributed by atoms with E-state index in [1.165, 1.54) is 28.0 Å². The summed E-state index contributed by atoms with van der Waals surface area (Å²) < 4.78 is 26.8. The summed E-state index contributed by atoms with van der Waals surface area (Å²) in [4.78, 5) is 37.7. The van der Waals surface area contributed by atoms with Gasteiger partial charge in [0.2, 0.25) is 17.6 Å². The predicted octanol–water partition coefficient (Wildman–Crippen LogP) is 2.88. The lowest BCUT2D eigenvalue weighted by molar-refractivity contribution is -0.387. The molecular weight excluding hydrogens is 372 g/mol. The summed E-state index contributed by atoms with van der Waals surface area (Å²) in [5.74, 6) is -2.72. The Hall–Kier alpha value is -3.36. The lowest BCUT2D eigenvalue weighted by Gasteiger charge is -2.21. The number of benzene rings is 2. The van der Waals surface area contributed by atoms with E-state index < -0.39 is 28.2 Å². The summed E-state index contributed by atoms with van der Waals surface area (Å²) in [6.07, 6.45) is -0.0580. The van der Waals surface area contributed by atoms with Crippen LogP contribution in [-0.4, -0.2) is 35.2 Å². The van der Waals surface area contributed by atoms with Crippen molar-refractivity contribution in [3.05, 3.63) is 69.8 Å². The van der Waals surface area contributed by atoms with Gasteiger partial charge in [-0.15, -0.1) is 0 Å². The number of amides is 2. The molecule has 0 spiro atoms. The third-order valence-corrected chi connectivity index (χ3v) is 4.60. The van der Waals surface area contributed by atoms with Gasteiger partial charge in [0.1, 0.15) is 5.82 Å². The molecule has 146 valence electrons. The molecule has 2 amide bonds. The highest BCUT2D eigenvalue weighted by Gasteiger charge is 2.37. The lowest BCUT2D eigenvalue weighted by atomic mass is 10.1. The number of anilines is 1. The highest BCUT2D eigenvalue weighted by molar-refractivity contribution is 6.00. The van der Waals surface area contributed by atoms with Crippen LogP contribution in [-0.2, 0) is 16.1 Å². The zero-order valence-electron chi connectivity index (χ0n) is 15.0. The first-order valence-electron chi connectivity index (χ1n) is 8.50. The third kappa shape index (κ3) is 3.98. The molecule has 9 heteroatoms. The average Bonchev–Trinajstić information content (AvgIpc) is 3.03. The molecule has 0 saturated carbocycles. The minimum absolute atomic E-state index is 0.0357. The topological polar surface area (TPSA) is 83.8 Å². The standard InChI is InChI=1S/C19H17F2N3O4/c1-22(10-12-3-2-4-14(20)7-12)19(26)13-8-18(25)23(11-13)15-5-6-16(21)17(9-15)24(27)28/h2-7,9,13H,8,10-11H2,1H3. The Bertz CT molecular complexity index is 951. The summed E-state index contributed by atoms with van der Waals surface area (Å²) in [5, 5.41) is 10.9. The van der Waals surface area contributed by atoms with Gasteiger partial charge in [0.15, 0.2) is 0 Å². The second kappa shape index (κ2) is 7.71. The molecule has 0 bridgehead atoms. The molecular formula is C19H17F2N3O4. The van der Waals surface area contributed by atoms with Crippen molar-refractivity contribution in [2.24, 2.45) is 5.92 Å². The third-order valence-electron chi connectivity index (χ3n) is 4.60. The zero-order valence-corrected chi connectivity index (χ0v) is 15.0. The van der Waals surface area contributed by atoms with Crippen LogP contribution in [0.2, 0.25) is 0 Å². The predicted molar refractivity (Wildman–Crippen MR) is 96.4 cm³/mol. The number of hydrogen-bond acceptors (Lipinski definition) is 4. The first kappa shape index (κ1) is 19.4. The van der Waals surface area contributed by atoms with Gasteiger partial charge in [-0.3, -0.25) is 19.7 Å². The van der Waals surface area contributed by atoms with Gasteiger partial charge in [0.05, 0.1) is 16.5 Å². The first-order chi connectivity index (χ1) is 13.3. The highest BCUT2D eigenvalue weighted by Crippen LogP contribution is 2.30. The van der Waals surface area contributed by atoms with E-state index in [0.29, 0.717) is 5.56 Å². The van der Waals surface area contributed by atoms with Crippen LogP contribution in [0.25, 0.3) is 0 Å². The Morgan fingerprint density at radius 3 is 2.71 bits per heavy atom. The SMILES string of the molecule is CN(Cc1cccc(F)c1)C(=O)C1CC(=O)N(c2ccc(F)c([N+](=O)[O-])c2)C1. The van der Waals surface area contributed by atoms with Gasteiger partial charge in [-0.2, -0.15) is 4.39 Å². The average molecular weight is 389 g/mol. The summed E-state index contributed by atoms with van der Waals surface area (Å²) >= 11 is 0. The van der Waals surface area contributed by atoms with Crippen LogP contribution in [0.15, 0.2) is 42.5 Å². The zero-order chi connectivity index (χ0) is 20.4. The van der Waals surface area contributed by atoms with Crippen LogP contribution < -0.4 is 4.90 Å². The van der Waals surface area contributed by atoms with E-state index in [9.17, 15) is 28.5 Å². The quantitative estimate of drug-likeness (QED) is 0.582. The second-order valence-corrected chi connectivity index (χ2v) is 6.62. The van der Waals surface area contributed by atoms with Crippen LogP contribution in [0.1, 0.15) is 12.0 Å². The molecule has 1 atom stereocenters. The molecule has 1 fully saturated rings. The van der Waals surface area contributed by atoms with Crippen molar-refractivity contribution in [2.75, 3.05) is 18.5 Å². The van der Waals surface area contributed by atoms with E-state index in [1.54, 1.807) is 19.2 Å². The molecule has 28 heavy (non-hydrogen) atoms. The maximum atomic E-state index is 13.5. The van der Waals surface area contributed by atoms with Gasteiger partial charge in [-0.25, -0.2) is 4.39 Å². The fourth-order valence-electron chi connectivity index (χ4n) is 3.23. The Balaban J connectivity index is 1.72. The summed E-state index contributed by atoms with van der Waals surface area (Å²) in [6, 6.07) is 9.04. The van der Waals surface area contributed by atoms with E-state index in [1.807, 2.05) is 0 Å². The maximum absolute atomic E-state index is 13.5. The number of hydrogen-bond donors (Lipinski definition) is 0. The largest absolute Gasteiger partial charge is 0.341 e. The van der Waals surface area contributed by atoms with E-state index in [0.717, 1.165) is 12.1 Å². The van der Waals surface area contributed by atoms with Crippen LogP contribution in [0.3, 0.4) is 0 Å². The molecule has 3 rings (SSSR count). The number of nitro benzene ring substituents is 1. The summed E-state index contributed by atoms with van der Waals surface area (Å²) in [5.41, 5.74) is 0.0515. The van der Waals surface area contributed by atoms with Crippen molar-refractivity contribution in [2.45, 2.75) is 13.0 Å². The summed E-state index contributed by atoms with van der Waals surface area (Å²) in [6.45, 7) is 0.219. The van der Waals surface area contributed by atoms with E-state index in [4.69, 9.17) is 0 Å². The molecule has 7 nitrogen and oxygen atoms in total. The molecule has 0 aliphatic carbocycles. The van der Waals surface area contributed by atoms with Crippen molar-refractivity contribution >= 4 is 23.2 Å². The van der Waals surface area contributed by atoms with Gasteiger partial charge in [0.25, 0.3) is 0 Å². The van der Waals surface area contributed by atoms with Gasteiger partial charge in [-0.05, 0) is 29.8 Å².